The molecule has 6 rings (SSSR count). The Morgan fingerprint density at radius 1 is 0.838 bits per heavy atom. The highest BCUT2D eigenvalue weighted by Crippen LogP contribution is 2.28. The number of hydrogen-bond donors (Lipinski definition) is 0. The van der Waals surface area contributed by atoms with Gasteiger partial charge in [0.15, 0.2) is 0 Å². The first kappa shape index (κ1) is 23.9. The molecule has 2 fully saturated rings. The van der Waals surface area contributed by atoms with E-state index in [1.807, 2.05) is 19.1 Å². The molecule has 0 spiro atoms. The Labute approximate surface area is 218 Å². The van der Waals surface area contributed by atoms with Crippen molar-refractivity contribution in [2.45, 2.75) is 39.2 Å². The van der Waals surface area contributed by atoms with Crippen molar-refractivity contribution in [1.82, 2.24) is 24.8 Å². The Morgan fingerprint density at radius 3 is 2.57 bits per heavy atom. The molecule has 0 bridgehead atoms. The third kappa shape index (κ3) is 4.90. The van der Waals surface area contributed by atoms with Crippen molar-refractivity contribution < 1.29 is 4.74 Å². The van der Waals surface area contributed by atoms with E-state index in [0.717, 1.165) is 97.1 Å². The summed E-state index contributed by atoms with van der Waals surface area (Å²) in [7, 11) is 0. The SMILES string of the molecule is CCOc1ccc2nc(N3CCCC(N4CCN(c5ncnc6ccccc56)CC4)CC3)nc(C)c2c1. The van der Waals surface area contributed by atoms with Crippen LogP contribution in [-0.2, 0) is 0 Å². The quantitative estimate of drug-likeness (QED) is 0.400. The minimum absolute atomic E-state index is 0.601. The summed E-state index contributed by atoms with van der Waals surface area (Å²) in [6.07, 6.45) is 5.21. The largest absolute Gasteiger partial charge is 0.494 e. The van der Waals surface area contributed by atoms with Crippen LogP contribution in [0.2, 0.25) is 0 Å². The van der Waals surface area contributed by atoms with E-state index in [-0.39, 0.29) is 0 Å². The number of ether oxygens (including phenoxy) is 1. The van der Waals surface area contributed by atoms with Gasteiger partial charge in [0.05, 0.1) is 23.3 Å². The van der Waals surface area contributed by atoms with E-state index >= 15 is 0 Å². The Bertz CT molecular complexity index is 1380. The van der Waals surface area contributed by atoms with Crippen molar-refractivity contribution in [3.8, 4) is 5.75 Å². The normalized spacial score (nSPS) is 19.4. The van der Waals surface area contributed by atoms with Gasteiger partial charge in [-0.1, -0.05) is 12.1 Å². The molecule has 2 aliphatic heterocycles. The Kier molecular flexibility index (Phi) is 6.74. The summed E-state index contributed by atoms with van der Waals surface area (Å²) in [6.45, 7) is 10.9. The monoisotopic (exact) mass is 497 g/mol. The van der Waals surface area contributed by atoms with Crippen molar-refractivity contribution >= 4 is 33.6 Å². The van der Waals surface area contributed by atoms with Crippen LogP contribution in [0.5, 0.6) is 5.75 Å². The fourth-order valence-corrected chi connectivity index (χ4v) is 5.83. The van der Waals surface area contributed by atoms with Gasteiger partial charge in [0.1, 0.15) is 17.9 Å². The maximum atomic E-state index is 5.67. The van der Waals surface area contributed by atoms with E-state index in [2.05, 4.69) is 61.9 Å². The molecule has 192 valence electrons. The van der Waals surface area contributed by atoms with E-state index in [1.54, 1.807) is 6.33 Å². The third-order valence-electron chi connectivity index (χ3n) is 7.79. The third-order valence-corrected chi connectivity index (χ3v) is 7.79. The summed E-state index contributed by atoms with van der Waals surface area (Å²) in [4.78, 5) is 26.4. The van der Waals surface area contributed by atoms with Gasteiger partial charge in [0.25, 0.3) is 0 Å². The number of aromatic nitrogens is 4. The Hall–Kier alpha value is -3.52. The summed E-state index contributed by atoms with van der Waals surface area (Å²) >= 11 is 0. The summed E-state index contributed by atoms with van der Waals surface area (Å²) in [5.74, 6) is 2.80. The Morgan fingerprint density at radius 2 is 1.70 bits per heavy atom. The van der Waals surface area contributed by atoms with Gasteiger partial charge in [-0.05, 0) is 63.4 Å². The molecular weight excluding hydrogens is 462 g/mol. The highest BCUT2D eigenvalue weighted by atomic mass is 16.5. The second-order valence-corrected chi connectivity index (χ2v) is 10.0. The first-order valence-electron chi connectivity index (χ1n) is 13.5. The number of aryl methyl sites for hydroxylation is 1. The second kappa shape index (κ2) is 10.5. The van der Waals surface area contributed by atoms with Gasteiger partial charge >= 0.3 is 0 Å². The fourth-order valence-electron chi connectivity index (χ4n) is 5.83. The van der Waals surface area contributed by atoms with Crippen LogP contribution < -0.4 is 14.5 Å². The average Bonchev–Trinajstić information content (AvgIpc) is 3.20. The topological polar surface area (TPSA) is 70.5 Å². The molecule has 2 aromatic carbocycles. The van der Waals surface area contributed by atoms with E-state index in [9.17, 15) is 0 Å². The van der Waals surface area contributed by atoms with Crippen LogP contribution in [0.15, 0.2) is 48.8 Å². The zero-order chi connectivity index (χ0) is 25.2. The van der Waals surface area contributed by atoms with Gasteiger partial charge < -0.3 is 14.5 Å². The van der Waals surface area contributed by atoms with Gasteiger partial charge in [-0.3, -0.25) is 4.90 Å². The van der Waals surface area contributed by atoms with Crippen LogP contribution in [0.4, 0.5) is 11.8 Å². The highest BCUT2D eigenvalue weighted by molar-refractivity contribution is 5.89. The number of hydrogen-bond acceptors (Lipinski definition) is 8. The van der Waals surface area contributed by atoms with Crippen molar-refractivity contribution in [3.63, 3.8) is 0 Å². The average molecular weight is 498 g/mol. The molecule has 4 heterocycles. The highest BCUT2D eigenvalue weighted by Gasteiger charge is 2.28. The predicted molar refractivity (Wildman–Crippen MR) is 149 cm³/mol. The number of para-hydroxylation sites is 1. The predicted octanol–water partition coefficient (Wildman–Crippen LogP) is 4.46. The number of rotatable bonds is 5. The maximum Gasteiger partial charge on any atom is 0.226 e. The molecule has 4 aromatic rings. The summed E-state index contributed by atoms with van der Waals surface area (Å²) in [5, 5.41) is 2.21. The van der Waals surface area contributed by atoms with E-state index < -0.39 is 0 Å². The first-order valence-corrected chi connectivity index (χ1v) is 13.5. The number of anilines is 2. The molecule has 37 heavy (non-hydrogen) atoms. The zero-order valence-electron chi connectivity index (χ0n) is 21.8. The molecule has 0 N–H and O–H groups in total. The smallest absolute Gasteiger partial charge is 0.226 e. The zero-order valence-corrected chi connectivity index (χ0v) is 21.8. The molecule has 0 saturated carbocycles. The van der Waals surface area contributed by atoms with Crippen LogP contribution in [0.3, 0.4) is 0 Å². The molecule has 0 radical (unpaired) electrons. The van der Waals surface area contributed by atoms with Crippen LogP contribution in [-0.4, -0.2) is 76.8 Å². The molecule has 1 atom stereocenters. The Balaban J connectivity index is 1.10. The summed E-state index contributed by atoms with van der Waals surface area (Å²) < 4.78 is 5.67. The molecule has 8 nitrogen and oxygen atoms in total. The van der Waals surface area contributed by atoms with Crippen LogP contribution in [0, 0.1) is 6.92 Å². The van der Waals surface area contributed by atoms with Gasteiger partial charge in [0.2, 0.25) is 5.95 Å². The van der Waals surface area contributed by atoms with E-state index in [0.29, 0.717) is 12.6 Å². The number of nitrogens with zero attached hydrogens (tertiary/aromatic N) is 7. The minimum Gasteiger partial charge on any atom is -0.494 e. The lowest BCUT2D eigenvalue weighted by molar-refractivity contribution is 0.172. The van der Waals surface area contributed by atoms with Gasteiger partial charge in [-0.15, -0.1) is 0 Å². The molecule has 0 amide bonds. The number of fused-ring (bicyclic) bond motifs is 2. The van der Waals surface area contributed by atoms with Crippen molar-refractivity contribution in [2.75, 3.05) is 55.7 Å². The summed E-state index contributed by atoms with van der Waals surface area (Å²) in [6, 6.07) is 15.0. The summed E-state index contributed by atoms with van der Waals surface area (Å²) in [5.41, 5.74) is 3.01. The van der Waals surface area contributed by atoms with Gasteiger partial charge in [-0.2, -0.15) is 0 Å². The van der Waals surface area contributed by atoms with Crippen molar-refractivity contribution in [2.24, 2.45) is 0 Å². The lowest BCUT2D eigenvalue weighted by atomic mass is 10.1. The first-order chi connectivity index (χ1) is 18.2. The molecule has 0 aliphatic carbocycles. The number of benzene rings is 2. The van der Waals surface area contributed by atoms with Gasteiger partial charge in [0, 0.05) is 56.1 Å². The molecule has 2 saturated heterocycles. The lowest BCUT2D eigenvalue weighted by Crippen LogP contribution is -2.50. The van der Waals surface area contributed by atoms with Crippen LogP contribution in [0.1, 0.15) is 31.9 Å². The molecule has 1 unspecified atom stereocenters. The molecular formula is C29H35N7O. The lowest BCUT2D eigenvalue weighted by Gasteiger charge is -2.39. The standard InChI is InChI=1S/C29H35N7O/c1-3-37-23-10-11-27-25(19-23)21(2)32-29(33-27)36-13-6-7-22(12-14-36)34-15-17-35(18-16-34)28-24-8-4-5-9-26(24)30-20-31-28/h4-5,8-11,19-20,22H,3,6-7,12-18H2,1-2H3. The van der Waals surface area contributed by atoms with Gasteiger partial charge in [-0.25, -0.2) is 19.9 Å². The van der Waals surface area contributed by atoms with Crippen LogP contribution >= 0.6 is 0 Å². The van der Waals surface area contributed by atoms with Crippen molar-refractivity contribution in [1.29, 1.82) is 0 Å². The molecule has 8 heteroatoms. The minimum atomic E-state index is 0.601. The number of piperazine rings is 1. The maximum absolute atomic E-state index is 5.67. The molecule has 2 aliphatic rings. The van der Waals surface area contributed by atoms with Crippen molar-refractivity contribution in [3.05, 3.63) is 54.5 Å². The fraction of sp³-hybridized carbons (Fsp3) is 0.448. The van der Waals surface area contributed by atoms with Crippen LogP contribution in [0.25, 0.3) is 21.8 Å². The second-order valence-electron chi connectivity index (χ2n) is 10.0. The molecule has 2 aromatic heterocycles. The van der Waals surface area contributed by atoms with E-state index in [1.165, 1.54) is 6.42 Å². The van der Waals surface area contributed by atoms with E-state index in [4.69, 9.17) is 14.7 Å².